The molecule has 0 radical (unpaired) electrons. The van der Waals surface area contributed by atoms with Gasteiger partial charge in [0.1, 0.15) is 4.90 Å². The zero-order valence-corrected chi connectivity index (χ0v) is 19.8. The molecule has 1 unspecified atom stereocenters. The zero-order chi connectivity index (χ0) is 23.4. The topological polar surface area (TPSA) is 108 Å². The normalized spacial score (nSPS) is 15.5. The summed E-state index contributed by atoms with van der Waals surface area (Å²) in [6, 6.07) is 19.4. The predicted octanol–water partition coefficient (Wildman–Crippen LogP) is 4.50. The van der Waals surface area contributed by atoms with E-state index in [1.807, 2.05) is 18.2 Å². The van der Waals surface area contributed by atoms with Gasteiger partial charge in [-0.15, -0.1) is 0 Å². The van der Waals surface area contributed by atoms with Crippen molar-refractivity contribution in [2.75, 3.05) is 5.32 Å². The summed E-state index contributed by atoms with van der Waals surface area (Å²) in [7, 11) is -3.88. The molecule has 3 aromatic rings. The Morgan fingerprint density at radius 2 is 1.79 bits per heavy atom. The molecule has 1 heterocycles. The summed E-state index contributed by atoms with van der Waals surface area (Å²) >= 11 is 7.72. The molecule has 3 aromatic carbocycles. The number of carboxylic acids is 1. The standard InChI is InChI=1S/C23H22ClN3O4S2/c24-18-12-19-20(32-27-22(26-19)11-8-15-4-2-1-3-5-15)13-21(18)33(30,31)25-14-16-6-9-17(10-7-16)23(28)29/h1-7,9-10,12-13,22,25-27H,8,11,14H2,(H,28,29). The number of nitrogens with one attached hydrogen (secondary N) is 3. The van der Waals surface area contributed by atoms with E-state index < -0.39 is 16.0 Å². The molecule has 1 aliphatic heterocycles. The van der Waals surface area contributed by atoms with E-state index in [0.29, 0.717) is 5.56 Å². The molecule has 4 N–H and O–H groups in total. The quantitative estimate of drug-likeness (QED) is 0.335. The maximum Gasteiger partial charge on any atom is 0.335 e. The summed E-state index contributed by atoms with van der Waals surface area (Å²) in [6.45, 7) is 0.0147. The Morgan fingerprint density at radius 1 is 1.06 bits per heavy atom. The number of aryl methyl sites for hydroxylation is 1. The first kappa shape index (κ1) is 23.6. The third kappa shape index (κ3) is 5.87. The van der Waals surface area contributed by atoms with Gasteiger partial charge in [-0.1, -0.05) is 54.1 Å². The van der Waals surface area contributed by atoms with Crippen LogP contribution in [0.25, 0.3) is 0 Å². The molecule has 0 amide bonds. The van der Waals surface area contributed by atoms with E-state index in [1.54, 1.807) is 24.3 Å². The van der Waals surface area contributed by atoms with E-state index in [0.717, 1.165) is 23.4 Å². The van der Waals surface area contributed by atoms with Crippen molar-refractivity contribution in [3.05, 3.63) is 88.4 Å². The van der Waals surface area contributed by atoms with Gasteiger partial charge in [-0.25, -0.2) is 22.7 Å². The van der Waals surface area contributed by atoms with Gasteiger partial charge in [-0.2, -0.15) is 0 Å². The van der Waals surface area contributed by atoms with Crippen LogP contribution in [0.1, 0.15) is 27.9 Å². The van der Waals surface area contributed by atoms with E-state index in [-0.39, 0.29) is 28.2 Å². The molecular weight excluding hydrogens is 482 g/mol. The summed E-state index contributed by atoms with van der Waals surface area (Å²) in [5.74, 6) is -1.04. The fourth-order valence-electron chi connectivity index (χ4n) is 3.40. The zero-order valence-electron chi connectivity index (χ0n) is 17.4. The second kappa shape index (κ2) is 10.1. The van der Waals surface area contributed by atoms with E-state index in [2.05, 4.69) is 26.9 Å². The molecule has 172 valence electrons. The van der Waals surface area contributed by atoms with Crippen LogP contribution in [0, 0.1) is 0 Å². The SMILES string of the molecule is O=C(O)c1ccc(CNS(=O)(=O)c2cc3c(cc2Cl)NC(CCc2ccccc2)NS3)cc1. The van der Waals surface area contributed by atoms with Gasteiger partial charge in [-0.3, -0.25) is 0 Å². The molecule has 1 aliphatic rings. The lowest BCUT2D eigenvalue weighted by Gasteiger charge is -2.28. The highest BCUT2D eigenvalue weighted by molar-refractivity contribution is 7.97. The molecule has 0 bridgehead atoms. The molecule has 0 aromatic heterocycles. The molecule has 0 spiro atoms. The van der Waals surface area contributed by atoms with Gasteiger partial charge in [0.15, 0.2) is 0 Å². The van der Waals surface area contributed by atoms with Gasteiger partial charge < -0.3 is 10.4 Å². The van der Waals surface area contributed by atoms with Crippen LogP contribution in [0.5, 0.6) is 0 Å². The molecule has 0 fully saturated rings. The molecule has 0 saturated carbocycles. The fraction of sp³-hybridized carbons (Fsp3) is 0.174. The average Bonchev–Trinajstić information content (AvgIpc) is 2.81. The summed E-state index contributed by atoms with van der Waals surface area (Å²) in [5.41, 5.74) is 2.81. The van der Waals surface area contributed by atoms with Gasteiger partial charge in [0.05, 0.1) is 22.4 Å². The maximum atomic E-state index is 12.9. The van der Waals surface area contributed by atoms with Crippen molar-refractivity contribution in [1.29, 1.82) is 0 Å². The number of hydrogen-bond donors (Lipinski definition) is 4. The van der Waals surface area contributed by atoms with Crippen LogP contribution in [0.2, 0.25) is 5.02 Å². The van der Waals surface area contributed by atoms with Crippen LogP contribution in [0.3, 0.4) is 0 Å². The molecule has 10 heteroatoms. The summed E-state index contributed by atoms with van der Waals surface area (Å²) in [6.07, 6.45) is 1.78. The van der Waals surface area contributed by atoms with Crippen molar-refractivity contribution < 1.29 is 18.3 Å². The van der Waals surface area contributed by atoms with E-state index in [4.69, 9.17) is 16.7 Å². The molecule has 4 rings (SSSR count). The number of aromatic carboxylic acids is 1. The van der Waals surface area contributed by atoms with Crippen LogP contribution in [0.4, 0.5) is 5.69 Å². The van der Waals surface area contributed by atoms with Crippen molar-refractivity contribution in [2.24, 2.45) is 0 Å². The molecule has 7 nitrogen and oxygen atoms in total. The second-order valence-electron chi connectivity index (χ2n) is 7.55. The summed E-state index contributed by atoms with van der Waals surface area (Å²) in [5, 5.41) is 12.5. The second-order valence-corrected chi connectivity index (χ2v) is 10.6. The highest BCUT2D eigenvalue weighted by Gasteiger charge is 2.24. The van der Waals surface area contributed by atoms with Crippen LogP contribution in [-0.4, -0.2) is 25.7 Å². The molecule has 1 atom stereocenters. The number of hydrogen-bond acceptors (Lipinski definition) is 6. The number of carboxylic acid groups (broad SMARTS) is 1. The minimum Gasteiger partial charge on any atom is -0.478 e. The van der Waals surface area contributed by atoms with Crippen molar-refractivity contribution in [1.82, 2.24) is 9.44 Å². The minimum absolute atomic E-state index is 0.0103. The first-order valence-corrected chi connectivity index (χ1v) is 12.9. The smallest absolute Gasteiger partial charge is 0.335 e. The predicted molar refractivity (Wildman–Crippen MR) is 130 cm³/mol. The fourth-order valence-corrected chi connectivity index (χ4v) is 5.89. The molecular formula is C23H22ClN3O4S2. The number of carbonyl (C=O) groups is 1. The Hall–Kier alpha value is -2.56. The highest BCUT2D eigenvalue weighted by Crippen LogP contribution is 2.37. The lowest BCUT2D eigenvalue weighted by atomic mass is 10.1. The highest BCUT2D eigenvalue weighted by atomic mass is 35.5. The minimum atomic E-state index is -3.88. The molecule has 0 saturated heterocycles. The lowest BCUT2D eigenvalue weighted by molar-refractivity contribution is 0.0697. The van der Waals surface area contributed by atoms with Crippen molar-refractivity contribution >= 4 is 45.2 Å². The Bertz CT molecular complexity index is 1250. The van der Waals surface area contributed by atoms with Gasteiger partial charge >= 0.3 is 5.97 Å². The van der Waals surface area contributed by atoms with Crippen molar-refractivity contribution in [2.45, 2.75) is 35.3 Å². The number of anilines is 1. The lowest BCUT2D eigenvalue weighted by Crippen LogP contribution is -2.35. The average molecular weight is 504 g/mol. The third-order valence-corrected chi connectivity index (χ3v) is 8.02. The number of fused-ring (bicyclic) bond motifs is 1. The maximum absolute atomic E-state index is 12.9. The molecule has 33 heavy (non-hydrogen) atoms. The van der Waals surface area contributed by atoms with E-state index in [9.17, 15) is 13.2 Å². The largest absolute Gasteiger partial charge is 0.478 e. The Balaban J connectivity index is 1.42. The van der Waals surface area contributed by atoms with Gasteiger partial charge in [-0.05, 0) is 60.2 Å². The Morgan fingerprint density at radius 3 is 2.48 bits per heavy atom. The van der Waals surface area contributed by atoms with Crippen LogP contribution in [-0.2, 0) is 23.0 Å². The molecule has 0 aliphatic carbocycles. The van der Waals surface area contributed by atoms with Crippen LogP contribution >= 0.6 is 23.5 Å². The number of halogens is 1. The van der Waals surface area contributed by atoms with Crippen molar-refractivity contribution in [3.63, 3.8) is 0 Å². The van der Waals surface area contributed by atoms with Gasteiger partial charge in [0.25, 0.3) is 0 Å². The third-order valence-electron chi connectivity index (χ3n) is 5.20. The Kier molecular flexibility index (Phi) is 7.26. The Labute approximate surface area is 201 Å². The first-order valence-electron chi connectivity index (χ1n) is 10.2. The van der Waals surface area contributed by atoms with Gasteiger partial charge in [0.2, 0.25) is 10.0 Å². The van der Waals surface area contributed by atoms with Crippen molar-refractivity contribution in [3.8, 4) is 0 Å². The summed E-state index contributed by atoms with van der Waals surface area (Å²) in [4.78, 5) is 11.7. The van der Waals surface area contributed by atoms with E-state index >= 15 is 0 Å². The van der Waals surface area contributed by atoms with Gasteiger partial charge in [0, 0.05) is 11.4 Å². The van der Waals surface area contributed by atoms with Crippen LogP contribution < -0.4 is 14.8 Å². The summed E-state index contributed by atoms with van der Waals surface area (Å²) < 4.78 is 31.6. The first-order chi connectivity index (χ1) is 15.8. The van der Waals surface area contributed by atoms with Crippen LogP contribution in [0.15, 0.2) is 76.5 Å². The number of benzene rings is 3. The number of rotatable bonds is 8. The number of sulfonamides is 1. The van der Waals surface area contributed by atoms with E-state index in [1.165, 1.54) is 29.6 Å². The monoisotopic (exact) mass is 503 g/mol.